The standard InChI is InChI=1S/C13H11BrN2O4/c1-8(9-4-2-3-5-10(9)14)15-13(17)11-6-7-12(20-11)16(18)19/h2-8H,1H3,(H,15,17). The molecule has 0 fully saturated rings. The molecular weight excluding hydrogens is 328 g/mol. The van der Waals surface area contributed by atoms with Crippen LogP contribution < -0.4 is 5.32 Å². The summed E-state index contributed by atoms with van der Waals surface area (Å²) in [5.74, 6) is -1.04. The molecule has 104 valence electrons. The fourth-order valence-corrected chi connectivity index (χ4v) is 2.35. The van der Waals surface area contributed by atoms with E-state index in [0.717, 1.165) is 16.1 Å². The minimum Gasteiger partial charge on any atom is -0.395 e. The van der Waals surface area contributed by atoms with Crippen LogP contribution in [-0.2, 0) is 0 Å². The molecule has 0 spiro atoms. The number of nitrogens with one attached hydrogen (secondary N) is 1. The van der Waals surface area contributed by atoms with Gasteiger partial charge < -0.3 is 9.73 Å². The number of nitro groups is 1. The lowest BCUT2D eigenvalue weighted by Crippen LogP contribution is -2.26. The Morgan fingerprint density at radius 2 is 2.05 bits per heavy atom. The Morgan fingerprint density at radius 1 is 1.35 bits per heavy atom. The summed E-state index contributed by atoms with van der Waals surface area (Å²) in [6.45, 7) is 1.81. The first-order chi connectivity index (χ1) is 9.49. The summed E-state index contributed by atoms with van der Waals surface area (Å²) in [6.07, 6.45) is 0. The van der Waals surface area contributed by atoms with Gasteiger partial charge in [0.2, 0.25) is 0 Å². The molecule has 0 radical (unpaired) electrons. The molecule has 2 aromatic rings. The van der Waals surface area contributed by atoms with Gasteiger partial charge in [0, 0.05) is 4.47 Å². The van der Waals surface area contributed by atoms with Gasteiger partial charge >= 0.3 is 5.88 Å². The average molecular weight is 339 g/mol. The van der Waals surface area contributed by atoms with Crippen molar-refractivity contribution in [1.82, 2.24) is 5.32 Å². The number of halogens is 1. The van der Waals surface area contributed by atoms with E-state index in [9.17, 15) is 14.9 Å². The lowest BCUT2D eigenvalue weighted by Gasteiger charge is -2.14. The summed E-state index contributed by atoms with van der Waals surface area (Å²) in [4.78, 5) is 21.7. The smallest absolute Gasteiger partial charge is 0.395 e. The molecule has 6 nitrogen and oxygen atoms in total. The molecule has 1 heterocycles. The highest BCUT2D eigenvalue weighted by atomic mass is 79.9. The molecule has 2 rings (SSSR count). The minimum absolute atomic E-state index is 0.0874. The number of furan rings is 1. The number of benzene rings is 1. The van der Waals surface area contributed by atoms with Crippen LogP contribution in [0, 0.1) is 10.1 Å². The molecule has 0 saturated heterocycles. The second-order valence-corrected chi connectivity index (χ2v) is 4.97. The van der Waals surface area contributed by atoms with Crippen LogP contribution in [0.3, 0.4) is 0 Å². The number of amides is 1. The second-order valence-electron chi connectivity index (χ2n) is 4.11. The SMILES string of the molecule is CC(NC(=O)c1ccc([N+](=O)[O-])o1)c1ccccc1Br. The van der Waals surface area contributed by atoms with Gasteiger partial charge in [0.1, 0.15) is 4.92 Å². The molecule has 1 aromatic heterocycles. The molecule has 0 bridgehead atoms. The van der Waals surface area contributed by atoms with Gasteiger partial charge in [-0.2, -0.15) is 0 Å². The van der Waals surface area contributed by atoms with E-state index in [-0.39, 0.29) is 11.8 Å². The van der Waals surface area contributed by atoms with E-state index in [1.165, 1.54) is 6.07 Å². The van der Waals surface area contributed by atoms with E-state index in [2.05, 4.69) is 21.2 Å². The number of rotatable bonds is 4. The van der Waals surface area contributed by atoms with Crippen molar-refractivity contribution in [2.24, 2.45) is 0 Å². The molecular formula is C13H11BrN2O4. The van der Waals surface area contributed by atoms with Gasteiger partial charge in [-0.05, 0) is 24.6 Å². The Balaban J connectivity index is 2.11. The van der Waals surface area contributed by atoms with Crippen LogP contribution in [0.4, 0.5) is 5.88 Å². The lowest BCUT2D eigenvalue weighted by molar-refractivity contribution is -0.402. The highest BCUT2D eigenvalue weighted by Gasteiger charge is 2.19. The van der Waals surface area contributed by atoms with Crippen LogP contribution in [0.15, 0.2) is 45.3 Å². The Hall–Kier alpha value is -2.15. The third-order valence-electron chi connectivity index (χ3n) is 2.71. The first-order valence-corrected chi connectivity index (χ1v) is 6.58. The Bertz CT molecular complexity index is 653. The van der Waals surface area contributed by atoms with Gasteiger partial charge in [-0.25, -0.2) is 0 Å². The third-order valence-corrected chi connectivity index (χ3v) is 3.44. The van der Waals surface area contributed by atoms with E-state index in [1.54, 1.807) is 0 Å². The largest absolute Gasteiger partial charge is 0.433 e. The molecule has 0 aliphatic carbocycles. The topological polar surface area (TPSA) is 85.4 Å². The molecule has 1 atom stereocenters. The monoisotopic (exact) mass is 338 g/mol. The number of hydrogen-bond acceptors (Lipinski definition) is 4. The van der Waals surface area contributed by atoms with E-state index in [4.69, 9.17) is 4.42 Å². The van der Waals surface area contributed by atoms with Crippen LogP contribution in [0.2, 0.25) is 0 Å². The summed E-state index contributed by atoms with van der Waals surface area (Å²) in [6, 6.07) is 9.65. The molecule has 1 aromatic carbocycles. The quantitative estimate of drug-likeness (QED) is 0.683. The molecule has 0 saturated carbocycles. The predicted octanol–water partition coefficient (Wildman–Crippen LogP) is 3.44. The van der Waals surface area contributed by atoms with Gasteiger partial charge in [-0.3, -0.25) is 14.9 Å². The zero-order valence-corrected chi connectivity index (χ0v) is 12.1. The predicted molar refractivity (Wildman–Crippen MR) is 75.4 cm³/mol. The maximum absolute atomic E-state index is 11.9. The normalized spacial score (nSPS) is 11.9. The van der Waals surface area contributed by atoms with E-state index < -0.39 is 16.7 Å². The van der Waals surface area contributed by atoms with Crippen molar-refractivity contribution in [2.75, 3.05) is 0 Å². The summed E-state index contributed by atoms with van der Waals surface area (Å²) in [7, 11) is 0. The van der Waals surface area contributed by atoms with Gasteiger partial charge in [0.05, 0.1) is 12.1 Å². The van der Waals surface area contributed by atoms with Crippen LogP contribution >= 0.6 is 15.9 Å². The Morgan fingerprint density at radius 3 is 2.65 bits per heavy atom. The Labute approximate surface area is 123 Å². The van der Waals surface area contributed by atoms with Crippen molar-refractivity contribution >= 4 is 27.7 Å². The van der Waals surface area contributed by atoms with E-state index in [0.29, 0.717) is 0 Å². The zero-order valence-electron chi connectivity index (χ0n) is 10.5. The van der Waals surface area contributed by atoms with Crippen molar-refractivity contribution < 1.29 is 14.1 Å². The molecule has 0 aliphatic rings. The van der Waals surface area contributed by atoms with Crippen molar-refractivity contribution in [3.63, 3.8) is 0 Å². The summed E-state index contributed by atoms with van der Waals surface area (Å²) >= 11 is 3.40. The van der Waals surface area contributed by atoms with Crippen molar-refractivity contribution in [3.8, 4) is 0 Å². The molecule has 7 heteroatoms. The zero-order chi connectivity index (χ0) is 14.7. The maximum Gasteiger partial charge on any atom is 0.433 e. The second kappa shape index (κ2) is 5.87. The number of nitrogens with zero attached hydrogens (tertiary/aromatic N) is 1. The first kappa shape index (κ1) is 14.3. The van der Waals surface area contributed by atoms with Gasteiger partial charge in [-0.1, -0.05) is 34.1 Å². The van der Waals surface area contributed by atoms with Crippen molar-refractivity contribution in [3.05, 3.63) is 62.3 Å². The van der Waals surface area contributed by atoms with Gasteiger partial charge in [0.15, 0.2) is 5.76 Å². The van der Waals surface area contributed by atoms with Gasteiger partial charge in [0.25, 0.3) is 5.91 Å². The Kier molecular flexibility index (Phi) is 4.19. The fourth-order valence-electron chi connectivity index (χ4n) is 1.72. The average Bonchev–Trinajstić information content (AvgIpc) is 2.88. The summed E-state index contributed by atoms with van der Waals surface area (Å²) < 4.78 is 5.72. The van der Waals surface area contributed by atoms with E-state index in [1.807, 2.05) is 31.2 Å². The number of carbonyl (C=O) groups is 1. The van der Waals surface area contributed by atoms with Crippen LogP contribution in [0.1, 0.15) is 29.1 Å². The molecule has 20 heavy (non-hydrogen) atoms. The number of carbonyl (C=O) groups excluding carboxylic acids is 1. The first-order valence-electron chi connectivity index (χ1n) is 5.78. The molecule has 1 unspecified atom stereocenters. The summed E-state index contributed by atoms with van der Waals surface area (Å²) in [5, 5.41) is 13.2. The van der Waals surface area contributed by atoms with Crippen LogP contribution in [0.25, 0.3) is 0 Å². The van der Waals surface area contributed by atoms with Crippen molar-refractivity contribution in [1.29, 1.82) is 0 Å². The van der Waals surface area contributed by atoms with Gasteiger partial charge in [-0.15, -0.1) is 0 Å². The fraction of sp³-hybridized carbons (Fsp3) is 0.154. The summed E-state index contributed by atoms with van der Waals surface area (Å²) in [5.41, 5.74) is 0.905. The molecule has 1 amide bonds. The molecule has 1 N–H and O–H groups in total. The van der Waals surface area contributed by atoms with Crippen molar-refractivity contribution in [2.45, 2.75) is 13.0 Å². The highest BCUT2D eigenvalue weighted by Crippen LogP contribution is 2.23. The lowest BCUT2D eigenvalue weighted by atomic mass is 10.1. The maximum atomic E-state index is 11.9. The highest BCUT2D eigenvalue weighted by molar-refractivity contribution is 9.10. The number of hydrogen-bond donors (Lipinski definition) is 1. The third kappa shape index (κ3) is 3.05. The minimum atomic E-state index is -0.687. The van der Waals surface area contributed by atoms with E-state index >= 15 is 0 Å². The van der Waals surface area contributed by atoms with Crippen LogP contribution in [0.5, 0.6) is 0 Å². The van der Waals surface area contributed by atoms with Crippen LogP contribution in [-0.4, -0.2) is 10.8 Å². The molecule has 0 aliphatic heterocycles.